The minimum absolute atomic E-state index is 0.0917. The van der Waals surface area contributed by atoms with Crippen LogP contribution in [0.25, 0.3) is 0 Å². The summed E-state index contributed by atoms with van der Waals surface area (Å²) in [7, 11) is 1.90. The number of hydroxylamine groups is 2. The summed E-state index contributed by atoms with van der Waals surface area (Å²) in [5, 5.41) is 0.557. The van der Waals surface area contributed by atoms with Crippen LogP contribution in [-0.4, -0.2) is 48.8 Å². The number of nitrogens with one attached hydrogen (secondary N) is 1. The van der Waals surface area contributed by atoms with Crippen molar-refractivity contribution in [3.05, 3.63) is 0 Å². The highest BCUT2D eigenvalue weighted by atomic mass is 16.7. The molecule has 0 saturated carbocycles. The molecule has 7 nitrogen and oxygen atoms in total. The van der Waals surface area contributed by atoms with Crippen LogP contribution in [0, 0.1) is 5.92 Å². The molecule has 0 aliphatic carbocycles. The average molecular weight is 299 g/mol. The summed E-state index contributed by atoms with van der Waals surface area (Å²) in [6.45, 7) is 4.58. The van der Waals surface area contributed by atoms with Crippen LogP contribution in [0.3, 0.4) is 0 Å². The zero-order valence-corrected chi connectivity index (χ0v) is 12.8. The van der Waals surface area contributed by atoms with Gasteiger partial charge in [0.1, 0.15) is 6.04 Å². The topological polar surface area (TPSA) is 85.2 Å². The van der Waals surface area contributed by atoms with E-state index in [1.54, 1.807) is 0 Å². The fraction of sp³-hybridized carbons (Fsp3) is 0.714. The van der Waals surface area contributed by atoms with E-state index in [-0.39, 0.29) is 31.2 Å². The first-order valence-electron chi connectivity index (χ1n) is 7.21. The van der Waals surface area contributed by atoms with Crippen LogP contribution in [0.5, 0.6) is 0 Å². The van der Waals surface area contributed by atoms with Crippen molar-refractivity contribution in [2.75, 3.05) is 13.6 Å². The molecule has 21 heavy (non-hydrogen) atoms. The van der Waals surface area contributed by atoms with Crippen molar-refractivity contribution in [3.63, 3.8) is 0 Å². The predicted molar refractivity (Wildman–Crippen MR) is 72.9 cm³/mol. The van der Waals surface area contributed by atoms with E-state index in [9.17, 15) is 19.2 Å². The summed E-state index contributed by atoms with van der Waals surface area (Å²) >= 11 is 0. The van der Waals surface area contributed by atoms with E-state index in [2.05, 4.69) is 0 Å². The second-order valence-electron chi connectivity index (χ2n) is 5.65. The van der Waals surface area contributed by atoms with Gasteiger partial charge in [-0.05, 0) is 0 Å². The number of imide groups is 1. The van der Waals surface area contributed by atoms with E-state index in [0.717, 1.165) is 11.2 Å². The smallest absolute Gasteiger partial charge is 0.330 e. The monoisotopic (exact) mass is 299 g/mol. The molecule has 118 valence electrons. The van der Waals surface area contributed by atoms with Gasteiger partial charge in [-0.1, -0.05) is 13.8 Å². The molecule has 2 atom stereocenters. The number of hydrogen-bond acceptors (Lipinski definition) is 5. The Bertz CT molecular complexity index is 406. The van der Waals surface area contributed by atoms with Crippen LogP contribution in [0.15, 0.2) is 0 Å². The SMILES string of the molecule is CC(C)[C@@H](C=O)[NH+](C)CCCC(=O)ON1C(=O)CCC1=O. The third-order valence-corrected chi connectivity index (χ3v) is 3.58. The molecule has 1 fully saturated rings. The van der Waals surface area contributed by atoms with Gasteiger partial charge in [-0.25, -0.2) is 4.79 Å². The lowest BCUT2D eigenvalue weighted by atomic mass is 10.0. The van der Waals surface area contributed by atoms with E-state index in [4.69, 9.17) is 4.84 Å². The highest BCUT2D eigenvalue weighted by Crippen LogP contribution is 2.12. The number of nitrogens with zero attached hydrogens (tertiary/aromatic N) is 1. The van der Waals surface area contributed by atoms with E-state index in [0.29, 0.717) is 18.0 Å². The van der Waals surface area contributed by atoms with Gasteiger partial charge in [-0.3, -0.25) is 14.4 Å². The minimum Gasteiger partial charge on any atom is -0.330 e. The molecule has 1 rings (SSSR count). The Hall–Kier alpha value is -1.76. The second-order valence-corrected chi connectivity index (χ2v) is 5.65. The quantitative estimate of drug-likeness (QED) is 0.464. The van der Waals surface area contributed by atoms with Gasteiger partial charge in [0.05, 0.1) is 20.0 Å². The third kappa shape index (κ3) is 4.93. The van der Waals surface area contributed by atoms with Crippen LogP contribution >= 0.6 is 0 Å². The molecule has 0 spiro atoms. The first kappa shape index (κ1) is 17.3. The van der Waals surface area contributed by atoms with Crippen molar-refractivity contribution in [3.8, 4) is 0 Å². The standard InChI is InChI=1S/C14H22N2O5/c1-10(2)11(9-17)15(3)8-4-5-14(20)21-16-12(18)6-7-13(16)19/h9-11H,4-8H2,1-3H3/p+1/t11-/m1/s1. The molecule has 1 heterocycles. The van der Waals surface area contributed by atoms with Crippen LogP contribution in [-0.2, 0) is 24.0 Å². The van der Waals surface area contributed by atoms with E-state index < -0.39 is 17.8 Å². The normalized spacial score (nSPS) is 18.0. The number of quaternary nitrogens is 1. The highest BCUT2D eigenvalue weighted by Gasteiger charge is 2.32. The van der Waals surface area contributed by atoms with Crippen LogP contribution in [0.1, 0.15) is 39.5 Å². The fourth-order valence-corrected chi connectivity index (χ4v) is 2.33. The van der Waals surface area contributed by atoms with Gasteiger partial charge >= 0.3 is 5.97 Å². The van der Waals surface area contributed by atoms with Crippen LogP contribution in [0.4, 0.5) is 0 Å². The summed E-state index contributed by atoms with van der Waals surface area (Å²) in [5.74, 6) is -1.32. The molecule has 0 bridgehead atoms. The van der Waals surface area contributed by atoms with Crippen molar-refractivity contribution in [1.82, 2.24) is 5.06 Å². The number of rotatable bonds is 8. The van der Waals surface area contributed by atoms with E-state index in [1.165, 1.54) is 0 Å². The Balaban J connectivity index is 2.32. The highest BCUT2D eigenvalue weighted by molar-refractivity contribution is 6.01. The van der Waals surface area contributed by atoms with Crippen molar-refractivity contribution in [1.29, 1.82) is 0 Å². The zero-order valence-electron chi connectivity index (χ0n) is 12.8. The van der Waals surface area contributed by atoms with Gasteiger partial charge in [0.25, 0.3) is 11.8 Å². The summed E-state index contributed by atoms with van der Waals surface area (Å²) in [4.78, 5) is 51.0. The summed E-state index contributed by atoms with van der Waals surface area (Å²) in [6, 6.07) is -0.109. The minimum atomic E-state index is -0.599. The predicted octanol–water partition coefficient (Wildman–Crippen LogP) is -0.888. The largest absolute Gasteiger partial charge is 0.333 e. The molecule has 1 aliphatic rings. The fourth-order valence-electron chi connectivity index (χ4n) is 2.33. The first-order chi connectivity index (χ1) is 9.86. The molecule has 1 aliphatic heterocycles. The zero-order chi connectivity index (χ0) is 16.0. The maximum Gasteiger partial charge on any atom is 0.333 e. The molecule has 1 N–H and O–H groups in total. The van der Waals surface area contributed by atoms with E-state index >= 15 is 0 Å². The molecule has 1 saturated heterocycles. The molecule has 0 aromatic heterocycles. The first-order valence-corrected chi connectivity index (χ1v) is 7.21. The number of likely N-dealkylation sites (N-methyl/N-ethyl adjacent to an activating group) is 1. The summed E-state index contributed by atoms with van der Waals surface area (Å²) in [6.07, 6.45) is 1.75. The van der Waals surface area contributed by atoms with Crippen molar-refractivity contribution in [2.45, 2.75) is 45.6 Å². The average Bonchev–Trinajstić information content (AvgIpc) is 2.71. The number of aldehydes is 1. The number of hydrogen-bond donors (Lipinski definition) is 1. The molecule has 0 aromatic carbocycles. The van der Waals surface area contributed by atoms with Crippen molar-refractivity contribution in [2.24, 2.45) is 5.92 Å². The molecular formula is C14H23N2O5+. The molecule has 0 aromatic rings. The molecule has 1 unspecified atom stereocenters. The number of carbonyl (C=O) groups excluding carboxylic acids is 4. The maximum absolute atomic E-state index is 11.6. The van der Waals surface area contributed by atoms with Crippen LogP contribution < -0.4 is 4.90 Å². The molecular weight excluding hydrogens is 276 g/mol. The molecule has 0 radical (unpaired) electrons. The lowest BCUT2D eigenvalue weighted by Gasteiger charge is -2.23. The lowest BCUT2D eigenvalue weighted by molar-refractivity contribution is -0.899. The second kappa shape index (κ2) is 7.87. The Morgan fingerprint density at radius 3 is 2.38 bits per heavy atom. The van der Waals surface area contributed by atoms with Gasteiger partial charge in [-0.15, -0.1) is 5.06 Å². The van der Waals surface area contributed by atoms with Gasteiger partial charge in [0, 0.05) is 25.2 Å². The van der Waals surface area contributed by atoms with Crippen molar-refractivity contribution < 1.29 is 28.9 Å². The number of carbonyl (C=O) groups is 4. The van der Waals surface area contributed by atoms with Gasteiger partial charge < -0.3 is 9.74 Å². The maximum atomic E-state index is 11.6. The Labute approximate surface area is 124 Å². The van der Waals surface area contributed by atoms with Crippen LogP contribution in [0.2, 0.25) is 0 Å². The molecule has 7 heteroatoms. The van der Waals surface area contributed by atoms with Gasteiger partial charge in [0.15, 0.2) is 6.29 Å². The van der Waals surface area contributed by atoms with Crippen molar-refractivity contribution >= 4 is 24.1 Å². The van der Waals surface area contributed by atoms with Gasteiger partial charge in [0.2, 0.25) is 0 Å². The van der Waals surface area contributed by atoms with E-state index in [1.807, 2.05) is 20.9 Å². The Kier molecular flexibility index (Phi) is 6.48. The summed E-state index contributed by atoms with van der Waals surface area (Å²) in [5.41, 5.74) is 0. The lowest BCUT2D eigenvalue weighted by Crippen LogP contribution is -3.14. The van der Waals surface area contributed by atoms with Gasteiger partial charge in [-0.2, -0.15) is 0 Å². The molecule has 2 amide bonds. The Morgan fingerprint density at radius 1 is 1.33 bits per heavy atom. The third-order valence-electron chi connectivity index (χ3n) is 3.58. The Morgan fingerprint density at radius 2 is 1.90 bits per heavy atom. The number of amides is 2. The summed E-state index contributed by atoms with van der Waals surface area (Å²) < 4.78 is 0.